The minimum Gasteiger partial charge on any atom is -0.306 e. The Balaban J connectivity index is 1.76. The van der Waals surface area contributed by atoms with Gasteiger partial charge in [0.05, 0.1) is 0 Å². The van der Waals surface area contributed by atoms with Gasteiger partial charge in [-0.1, -0.05) is 11.6 Å². The summed E-state index contributed by atoms with van der Waals surface area (Å²) in [4.78, 5) is 16.8. The lowest BCUT2D eigenvalue weighted by Gasteiger charge is -2.35. The molecule has 0 atom stereocenters. The molecule has 0 radical (unpaired) electrons. The maximum absolute atomic E-state index is 12.1. The molecule has 1 aromatic rings. The molecule has 20 heavy (non-hydrogen) atoms. The smallest absolute Gasteiger partial charge is 0.164 e. The number of hydrogen-bond donors (Lipinski definition) is 0. The fourth-order valence-electron chi connectivity index (χ4n) is 2.70. The molecule has 1 aromatic carbocycles. The number of carbonyl (C=O) groups is 1. The molecule has 1 aliphatic heterocycles. The predicted molar refractivity (Wildman–Crippen MR) is 83.5 cm³/mol. The van der Waals surface area contributed by atoms with Crippen LogP contribution in [-0.4, -0.2) is 55.4 Å². The van der Waals surface area contributed by atoms with Crippen LogP contribution in [0.25, 0.3) is 0 Å². The largest absolute Gasteiger partial charge is 0.306 e. The van der Waals surface area contributed by atoms with Crippen LogP contribution in [0.3, 0.4) is 0 Å². The molecule has 0 N–H and O–H groups in total. The Bertz CT molecular complexity index is 436. The number of hydrogen-bond acceptors (Lipinski definition) is 3. The van der Waals surface area contributed by atoms with Gasteiger partial charge in [0.2, 0.25) is 0 Å². The number of Topliss-reactive ketones (excluding diaryl/α,β-unsaturated/α-hetero) is 1. The van der Waals surface area contributed by atoms with Gasteiger partial charge >= 0.3 is 0 Å². The minimum atomic E-state index is 0.205. The molecule has 0 bridgehead atoms. The van der Waals surface area contributed by atoms with Crippen molar-refractivity contribution in [3.8, 4) is 0 Å². The van der Waals surface area contributed by atoms with Gasteiger partial charge in [-0.15, -0.1) is 0 Å². The molecule has 1 aliphatic rings. The summed E-state index contributed by atoms with van der Waals surface area (Å²) in [6, 6.07) is 7.86. The van der Waals surface area contributed by atoms with E-state index in [9.17, 15) is 4.79 Å². The van der Waals surface area contributed by atoms with Crippen LogP contribution in [-0.2, 0) is 0 Å². The second kappa shape index (κ2) is 7.21. The van der Waals surface area contributed by atoms with Crippen molar-refractivity contribution in [1.29, 1.82) is 0 Å². The van der Waals surface area contributed by atoms with E-state index in [2.05, 4.69) is 23.9 Å². The van der Waals surface area contributed by atoms with Crippen molar-refractivity contribution in [1.82, 2.24) is 9.80 Å². The summed E-state index contributed by atoms with van der Waals surface area (Å²) in [7, 11) is 4.29. The predicted octanol–water partition coefficient (Wildman–Crippen LogP) is 2.94. The molecule has 0 spiro atoms. The Morgan fingerprint density at radius 3 is 2.40 bits per heavy atom. The molecule has 0 saturated carbocycles. The quantitative estimate of drug-likeness (QED) is 0.780. The lowest BCUT2D eigenvalue weighted by molar-refractivity contribution is 0.0940. The Kier molecular flexibility index (Phi) is 5.58. The van der Waals surface area contributed by atoms with Crippen LogP contribution in [0.1, 0.15) is 29.6 Å². The van der Waals surface area contributed by atoms with Crippen LogP contribution in [0.4, 0.5) is 0 Å². The zero-order valence-corrected chi connectivity index (χ0v) is 13.1. The molecule has 3 nitrogen and oxygen atoms in total. The van der Waals surface area contributed by atoms with Crippen LogP contribution in [0.15, 0.2) is 24.3 Å². The number of halogens is 1. The highest BCUT2D eigenvalue weighted by Crippen LogP contribution is 2.15. The number of rotatable bonds is 5. The standard InChI is InChI=1S/C16H23ClN2O/c1-18(2)15-7-10-19(11-8-15)12-9-16(20)13-3-5-14(17)6-4-13/h3-6,15H,7-12H2,1-2H3. The van der Waals surface area contributed by atoms with Crippen LogP contribution < -0.4 is 0 Å². The van der Waals surface area contributed by atoms with Gasteiger partial charge in [-0.2, -0.15) is 0 Å². The van der Waals surface area contributed by atoms with E-state index < -0.39 is 0 Å². The number of carbonyl (C=O) groups excluding carboxylic acids is 1. The molecule has 0 aromatic heterocycles. The van der Waals surface area contributed by atoms with E-state index in [0.29, 0.717) is 17.5 Å². The van der Waals surface area contributed by atoms with Gasteiger partial charge in [0.25, 0.3) is 0 Å². The summed E-state index contributed by atoms with van der Waals surface area (Å²) in [5.41, 5.74) is 0.762. The monoisotopic (exact) mass is 294 g/mol. The van der Waals surface area contributed by atoms with Gasteiger partial charge in [0.1, 0.15) is 0 Å². The Hall–Kier alpha value is -0.900. The summed E-state index contributed by atoms with van der Waals surface area (Å²) >= 11 is 5.83. The number of nitrogens with zero attached hydrogens (tertiary/aromatic N) is 2. The highest BCUT2D eigenvalue weighted by Gasteiger charge is 2.20. The maximum Gasteiger partial charge on any atom is 0.164 e. The second-order valence-corrected chi connectivity index (χ2v) is 6.15. The van der Waals surface area contributed by atoms with Crippen molar-refractivity contribution in [2.45, 2.75) is 25.3 Å². The first kappa shape index (κ1) is 15.5. The van der Waals surface area contributed by atoms with E-state index in [-0.39, 0.29) is 5.78 Å². The minimum absolute atomic E-state index is 0.205. The van der Waals surface area contributed by atoms with Gasteiger partial charge in [-0.05, 0) is 64.3 Å². The van der Waals surface area contributed by atoms with Crippen LogP contribution in [0.5, 0.6) is 0 Å². The zero-order valence-electron chi connectivity index (χ0n) is 12.3. The third-order valence-corrected chi connectivity index (χ3v) is 4.36. The van der Waals surface area contributed by atoms with Gasteiger partial charge in [0.15, 0.2) is 5.78 Å². The highest BCUT2D eigenvalue weighted by molar-refractivity contribution is 6.30. The summed E-state index contributed by atoms with van der Waals surface area (Å²) in [5.74, 6) is 0.205. The molecule has 0 amide bonds. The Labute approximate surface area is 126 Å². The topological polar surface area (TPSA) is 23.6 Å². The van der Waals surface area contributed by atoms with Crippen LogP contribution in [0.2, 0.25) is 5.02 Å². The number of piperidine rings is 1. The van der Waals surface area contributed by atoms with Crippen molar-refractivity contribution in [3.05, 3.63) is 34.9 Å². The van der Waals surface area contributed by atoms with Crippen LogP contribution in [0, 0.1) is 0 Å². The third kappa shape index (κ3) is 4.30. The van der Waals surface area contributed by atoms with E-state index in [4.69, 9.17) is 11.6 Å². The normalized spacial score (nSPS) is 17.6. The molecule has 0 unspecified atom stereocenters. The van der Waals surface area contributed by atoms with Crippen molar-refractivity contribution in [3.63, 3.8) is 0 Å². The van der Waals surface area contributed by atoms with Crippen LogP contribution >= 0.6 is 11.6 Å². The van der Waals surface area contributed by atoms with Gasteiger partial charge < -0.3 is 9.80 Å². The number of likely N-dealkylation sites (tertiary alicyclic amines) is 1. The first-order chi connectivity index (χ1) is 9.56. The molecular weight excluding hydrogens is 272 g/mol. The van der Waals surface area contributed by atoms with Crippen molar-refractivity contribution >= 4 is 17.4 Å². The third-order valence-electron chi connectivity index (χ3n) is 4.11. The van der Waals surface area contributed by atoms with E-state index in [1.807, 2.05) is 12.1 Å². The number of ketones is 1. The molecule has 1 heterocycles. The maximum atomic E-state index is 12.1. The summed E-state index contributed by atoms with van der Waals surface area (Å²) in [6.45, 7) is 3.05. The first-order valence-corrected chi connectivity index (χ1v) is 7.61. The lowest BCUT2D eigenvalue weighted by Crippen LogP contribution is -2.42. The fraction of sp³-hybridized carbons (Fsp3) is 0.562. The van der Waals surface area contributed by atoms with Crippen molar-refractivity contribution in [2.24, 2.45) is 0 Å². The second-order valence-electron chi connectivity index (χ2n) is 5.72. The lowest BCUT2D eigenvalue weighted by atomic mass is 10.0. The van der Waals surface area contributed by atoms with E-state index >= 15 is 0 Å². The van der Waals surface area contributed by atoms with Crippen molar-refractivity contribution in [2.75, 3.05) is 33.7 Å². The average Bonchev–Trinajstić information content (AvgIpc) is 2.46. The Morgan fingerprint density at radius 2 is 1.85 bits per heavy atom. The van der Waals surface area contributed by atoms with Gasteiger partial charge in [-0.25, -0.2) is 0 Å². The molecule has 1 saturated heterocycles. The molecular formula is C16H23ClN2O. The first-order valence-electron chi connectivity index (χ1n) is 7.24. The number of benzene rings is 1. The van der Waals surface area contributed by atoms with Gasteiger partial charge in [0, 0.05) is 29.6 Å². The van der Waals surface area contributed by atoms with E-state index in [1.165, 1.54) is 12.8 Å². The van der Waals surface area contributed by atoms with E-state index in [0.717, 1.165) is 25.2 Å². The molecule has 2 rings (SSSR count). The van der Waals surface area contributed by atoms with Gasteiger partial charge in [-0.3, -0.25) is 4.79 Å². The molecule has 4 heteroatoms. The fourth-order valence-corrected chi connectivity index (χ4v) is 2.83. The summed E-state index contributed by atoms with van der Waals surface area (Å²) in [5, 5.41) is 0.673. The molecule has 0 aliphatic carbocycles. The molecule has 1 fully saturated rings. The highest BCUT2D eigenvalue weighted by atomic mass is 35.5. The molecule has 110 valence electrons. The average molecular weight is 295 g/mol. The van der Waals surface area contributed by atoms with E-state index in [1.54, 1.807) is 12.1 Å². The zero-order chi connectivity index (χ0) is 14.5. The van der Waals surface area contributed by atoms with Crippen molar-refractivity contribution < 1.29 is 4.79 Å². The Morgan fingerprint density at radius 1 is 1.25 bits per heavy atom. The SMILES string of the molecule is CN(C)C1CCN(CCC(=O)c2ccc(Cl)cc2)CC1. The summed E-state index contributed by atoms with van der Waals surface area (Å²) < 4.78 is 0. The summed E-state index contributed by atoms with van der Waals surface area (Å²) in [6.07, 6.45) is 2.98.